The maximum atomic E-state index is 6.31. The predicted octanol–water partition coefficient (Wildman–Crippen LogP) is 3.32. The summed E-state index contributed by atoms with van der Waals surface area (Å²) in [5.74, 6) is 2.04. The summed E-state index contributed by atoms with van der Waals surface area (Å²) in [7, 11) is 0. The van der Waals surface area contributed by atoms with E-state index in [0.29, 0.717) is 25.4 Å². The molecule has 2 aliphatic heterocycles. The molecule has 2 saturated heterocycles. The van der Waals surface area contributed by atoms with Crippen LogP contribution in [0.5, 0.6) is 0 Å². The maximum absolute atomic E-state index is 6.31. The van der Waals surface area contributed by atoms with E-state index in [0.717, 1.165) is 43.0 Å². The number of aromatic nitrogens is 1. The van der Waals surface area contributed by atoms with Gasteiger partial charge in [0.15, 0.2) is 0 Å². The van der Waals surface area contributed by atoms with E-state index in [1.54, 1.807) is 6.20 Å². The van der Waals surface area contributed by atoms with Crippen molar-refractivity contribution in [2.75, 3.05) is 13.2 Å². The molecule has 0 bridgehead atoms. The van der Waals surface area contributed by atoms with E-state index in [1.165, 1.54) is 6.42 Å². The molecule has 2 aromatic heterocycles. The van der Waals surface area contributed by atoms with Crippen LogP contribution in [0, 0.1) is 6.92 Å². The Kier molecular flexibility index (Phi) is 5.15. The summed E-state index contributed by atoms with van der Waals surface area (Å²) in [4.78, 5) is 6.62. The molecule has 0 saturated carbocycles. The lowest BCUT2D eigenvalue weighted by Gasteiger charge is -2.35. The van der Waals surface area contributed by atoms with Crippen LogP contribution < -0.4 is 0 Å². The molecule has 0 amide bonds. The quantitative estimate of drug-likeness (QED) is 0.806. The molecule has 5 nitrogen and oxygen atoms in total. The Morgan fingerprint density at radius 2 is 2.20 bits per heavy atom. The normalized spacial score (nSPS) is 26.7. The van der Waals surface area contributed by atoms with E-state index in [1.807, 2.05) is 31.3 Å². The van der Waals surface area contributed by atoms with E-state index in [-0.39, 0.29) is 6.10 Å². The first-order valence-corrected chi connectivity index (χ1v) is 9.19. The van der Waals surface area contributed by atoms with Gasteiger partial charge < -0.3 is 13.9 Å². The first kappa shape index (κ1) is 16.8. The van der Waals surface area contributed by atoms with Crippen LogP contribution in [0.2, 0.25) is 0 Å². The van der Waals surface area contributed by atoms with Crippen molar-refractivity contribution in [3.05, 3.63) is 53.7 Å². The second-order valence-electron chi connectivity index (χ2n) is 7.09. The Labute approximate surface area is 148 Å². The standard InChI is InChI=1S/C20H26N2O3/c1-15-4-5-17(24-15)12-22-10-8-20-19(22)7-6-18(25-20)14-23-13-16-3-2-9-21-11-16/h2-5,9,11,18-20H,6-8,10,12-14H2,1H3/t18?,19-,20-/m0/s1. The largest absolute Gasteiger partial charge is 0.465 e. The van der Waals surface area contributed by atoms with Crippen molar-refractivity contribution in [3.63, 3.8) is 0 Å². The highest BCUT2D eigenvalue weighted by Crippen LogP contribution is 2.32. The molecule has 0 spiro atoms. The lowest BCUT2D eigenvalue weighted by Crippen LogP contribution is -2.43. The molecule has 1 unspecified atom stereocenters. The van der Waals surface area contributed by atoms with Gasteiger partial charge in [0.25, 0.3) is 0 Å². The number of nitrogens with zero attached hydrogens (tertiary/aromatic N) is 2. The third kappa shape index (κ3) is 4.11. The van der Waals surface area contributed by atoms with E-state index in [4.69, 9.17) is 13.9 Å². The minimum absolute atomic E-state index is 0.212. The Balaban J connectivity index is 1.24. The average Bonchev–Trinajstić information content (AvgIpc) is 3.22. The Hall–Kier alpha value is -1.69. The van der Waals surface area contributed by atoms with Crippen molar-refractivity contribution in [1.29, 1.82) is 0 Å². The highest BCUT2D eigenvalue weighted by Gasteiger charge is 2.39. The topological polar surface area (TPSA) is 47.7 Å². The van der Waals surface area contributed by atoms with Crippen molar-refractivity contribution < 1.29 is 13.9 Å². The average molecular weight is 342 g/mol. The zero-order valence-corrected chi connectivity index (χ0v) is 14.8. The SMILES string of the molecule is Cc1ccc(CN2CC[C@@H]3OC(COCc4cccnc4)CC[C@@H]32)o1. The minimum Gasteiger partial charge on any atom is -0.465 e. The molecular formula is C20H26N2O3. The molecule has 25 heavy (non-hydrogen) atoms. The number of rotatable bonds is 6. The summed E-state index contributed by atoms with van der Waals surface area (Å²) >= 11 is 0. The summed E-state index contributed by atoms with van der Waals surface area (Å²) in [6.07, 6.45) is 7.50. The molecule has 2 aromatic rings. The first-order valence-electron chi connectivity index (χ1n) is 9.19. The Morgan fingerprint density at radius 3 is 3.00 bits per heavy atom. The Morgan fingerprint density at radius 1 is 1.24 bits per heavy atom. The molecule has 4 rings (SSSR count). The molecule has 4 heterocycles. The fourth-order valence-corrected chi connectivity index (χ4v) is 3.97. The van der Waals surface area contributed by atoms with Crippen LogP contribution in [0.4, 0.5) is 0 Å². The zero-order valence-electron chi connectivity index (χ0n) is 14.8. The smallest absolute Gasteiger partial charge is 0.118 e. The highest BCUT2D eigenvalue weighted by molar-refractivity contribution is 5.07. The van der Waals surface area contributed by atoms with Gasteiger partial charge in [-0.15, -0.1) is 0 Å². The van der Waals surface area contributed by atoms with Crippen molar-refractivity contribution >= 4 is 0 Å². The van der Waals surface area contributed by atoms with Crippen LogP contribution in [0.25, 0.3) is 0 Å². The summed E-state index contributed by atoms with van der Waals surface area (Å²) in [6.45, 7) is 5.23. The lowest BCUT2D eigenvalue weighted by atomic mass is 9.99. The van der Waals surface area contributed by atoms with Gasteiger partial charge in [-0.25, -0.2) is 0 Å². The molecule has 0 N–H and O–H groups in total. The van der Waals surface area contributed by atoms with Gasteiger partial charge >= 0.3 is 0 Å². The molecule has 134 valence electrons. The van der Waals surface area contributed by atoms with Gasteiger partial charge in [-0.1, -0.05) is 6.07 Å². The van der Waals surface area contributed by atoms with E-state index < -0.39 is 0 Å². The molecule has 2 fully saturated rings. The van der Waals surface area contributed by atoms with E-state index in [9.17, 15) is 0 Å². The zero-order chi connectivity index (χ0) is 17.1. The predicted molar refractivity (Wildman–Crippen MR) is 94.0 cm³/mol. The van der Waals surface area contributed by atoms with Gasteiger partial charge in [0.2, 0.25) is 0 Å². The van der Waals surface area contributed by atoms with Crippen LogP contribution in [-0.2, 0) is 22.6 Å². The van der Waals surface area contributed by atoms with E-state index in [2.05, 4.69) is 16.0 Å². The number of likely N-dealkylation sites (tertiary alicyclic amines) is 1. The number of hydrogen-bond donors (Lipinski definition) is 0. The fraction of sp³-hybridized carbons (Fsp3) is 0.550. The number of hydrogen-bond acceptors (Lipinski definition) is 5. The molecule has 0 aliphatic carbocycles. The van der Waals surface area contributed by atoms with Gasteiger partial charge in [0.1, 0.15) is 11.5 Å². The number of ether oxygens (including phenoxy) is 2. The van der Waals surface area contributed by atoms with Gasteiger partial charge in [0.05, 0.1) is 32.0 Å². The van der Waals surface area contributed by atoms with Crippen molar-refractivity contribution in [2.24, 2.45) is 0 Å². The van der Waals surface area contributed by atoms with Gasteiger partial charge in [-0.3, -0.25) is 9.88 Å². The maximum Gasteiger partial charge on any atom is 0.118 e. The van der Waals surface area contributed by atoms with Gasteiger partial charge in [-0.05, 0) is 49.9 Å². The van der Waals surface area contributed by atoms with Crippen LogP contribution in [0.15, 0.2) is 41.1 Å². The molecular weight excluding hydrogens is 316 g/mol. The van der Waals surface area contributed by atoms with Gasteiger partial charge in [0, 0.05) is 25.0 Å². The molecule has 0 radical (unpaired) electrons. The molecule has 5 heteroatoms. The molecule has 3 atom stereocenters. The highest BCUT2D eigenvalue weighted by atomic mass is 16.5. The number of aryl methyl sites for hydroxylation is 1. The van der Waals surface area contributed by atoms with E-state index >= 15 is 0 Å². The summed E-state index contributed by atoms with van der Waals surface area (Å²) < 4.78 is 17.9. The van der Waals surface area contributed by atoms with Crippen molar-refractivity contribution in [1.82, 2.24) is 9.88 Å². The summed E-state index contributed by atoms with van der Waals surface area (Å²) in [5.41, 5.74) is 1.11. The summed E-state index contributed by atoms with van der Waals surface area (Å²) in [6, 6.07) is 8.61. The van der Waals surface area contributed by atoms with Crippen LogP contribution in [0.3, 0.4) is 0 Å². The fourth-order valence-electron chi connectivity index (χ4n) is 3.97. The minimum atomic E-state index is 0.212. The van der Waals surface area contributed by atoms with Crippen molar-refractivity contribution in [3.8, 4) is 0 Å². The molecule has 2 aliphatic rings. The molecule has 0 aromatic carbocycles. The van der Waals surface area contributed by atoms with Crippen molar-refractivity contribution in [2.45, 2.75) is 57.6 Å². The van der Waals surface area contributed by atoms with Crippen LogP contribution >= 0.6 is 0 Å². The van der Waals surface area contributed by atoms with Crippen LogP contribution in [0.1, 0.15) is 36.3 Å². The number of pyridine rings is 1. The Bertz CT molecular complexity index is 673. The lowest BCUT2D eigenvalue weighted by molar-refractivity contribution is -0.102. The first-order chi connectivity index (χ1) is 12.3. The van der Waals surface area contributed by atoms with Gasteiger partial charge in [-0.2, -0.15) is 0 Å². The third-order valence-corrected chi connectivity index (χ3v) is 5.20. The second-order valence-corrected chi connectivity index (χ2v) is 7.09. The number of furan rings is 1. The number of fused-ring (bicyclic) bond motifs is 1. The second kappa shape index (κ2) is 7.68. The third-order valence-electron chi connectivity index (χ3n) is 5.20. The monoisotopic (exact) mass is 342 g/mol. The van der Waals surface area contributed by atoms with Crippen LogP contribution in [-0.4, -0.2) is 41.3 Å². The summed E-state index contributed by atoms with van der Waals surface area (Å²) in [5, 5.41) is 0.